The Bertz CT molecular complexity index is 256. The van der Waals surface area contributed by atoms with Gasteiger partial charge in [0.05, 0.1) is 5.75 Å². The highest BCUT2D eigenvalue weighted by atomic mass is 32.2. The maximum Gasteiger partial charge on any atom is 0.211 e. The summed E-state index contributed by atoms with van der Waals surface area (Å²) in [5.74, 6) is 1.20. The third-order valence-corrected chi connectivity index (χ3v) is 4.38. The SMILES string of the molecule is CCNCCCS(=O)(=O)NC(C)CCSC. The van der Waals surface area contributed by atoms with Crippen LogP contribution >= 0.6 is 11.8 Å². The summed E-state index contributed by atoms with van der Waals surface area (Å²) >= 11 is 1.74. The molecule has 6 heteroatoms. The summed E-state index contributed by atoms with van der Waals surface area (Å²) in [6, 6.07) is 0.0385. The fraction of sp³-hybridized carbons (Fsp3) is 1.00. The van der Waals surface area contributed by atoms with Gasteiger partial charge in [-0.1, -0.05) is 6.92 Å². The third-order valence-electron chi connectivity index (χ3n) is 2.15. The second-order valence-electron chi connectivity index (χ2n) is 3.83. The molecule has 0 aromatic rings. The minimum Gasteiger partial charge on any atom is -0.317 e. The predicted octanol–water partition coefficient (Wildman–Crippen LogP) is 1.05. The summed E-state index contributed by atoms with van der Waals surface area (Å²) in [5.41, 5.74) is 0. The van der Waals surface area contributed by atoms with E-state index in [1.165, 1.54) is 0 Å². The highest BCUT2D eigenvalue weighted by Crippen LogP contribution is 2.01. The third kappa shape index (κ3) is 9.45. The molecule has 0 spiro atoms. The topological polar surface area (TPSA) is 58.2 Å². The van der Waals surface area contributed by atoms with Crippen molar-refractivity contribution in [2.45, 2.75) is 32.7 Å². The van der Waals surface area contributed by atoms with Crippen LogP contribution in [0.3, 0.4) is 0 Å². The molecular formula is C10H24N2O2S2. The predicted molar refractivity (Wildman–Crippen MR) is 72.5 cm³/mol. The Hall–Kier alpha value is 0.220. The Morgan fingerprint density at radius 2 is 2.06 bits per heavy atom. The number of thioether (sulfide) groups is 1. The van der Waals surface area contributed by atoms with Crippen LogP contribution in [0.2, 0.25) is 0 Å². The summed E-state index contributed by atoms with van der Waals surface area (Å²) in [6.45, 7) is 5.57. The molecule has 0 saturated carbocycles. The lowest BCUT2D eigenvalue weighted by Crippen LogP contribution is -2.35. The number of rotatable bonds is 10. The standard InChI is InChI=1S/C10H24N2O2S2/c1-4-11-7-5-9-16(13,14)12-10(2)6-8-15-3/h10-12H,4-9H2,1-3H3. The van der Waals surface area contributed by atoms with Crippen LogP contribution in [0.5, 0.6) is 0 Å². The van der Waals surface area contributed by atoms with E-state index in [9.17, 15) is 8.42 Å². The molecular weight excluding hydrogens is 244 g/mol. The molecule has 98 valence electrons. The van der Waals surface area contributed by atoms with Crippen molar-refractivity contribution in [2.24, 2.45) is 0 Å². The van der Waals surface area contributed by atoms with Crippen molar-refractivity contribution in [3.05, 3.63) is 0 Å². The van der Waals surface area contributed by atoms with Crippen LogP contribution in [-0.4, -0.2) is 45.3 Å². The maximum absolute atomic E-state index is 11.6. The van der Waals surface area contributed by atoms with Crippen LogP contribution in [0, 0.1) is 0 Å². The molecule has 1 atom stereocenters. The van der Waals surface area contributed by atoms with E-state index in [2.05, 4.69) is 10.0 Å². The van der Waals surface area contributed by atoms with Crippen molar-refractivity contribution in [1.82, 2.24) is 10.0 Å². The zero-order valence-corrected chi connectivity index (χ0v) is 12.1. The van der Waals surface area contributed by atoms with E-state index in [1.807, 2.05) is 20.1 Å². The van der Waals surface area contributed by atoms with Crippen LogP contribution < -0.4 is 10.0 Å². The van der Waals surface area contributed by atoms with E-state index in [0.717, 1.165) is 25.3 Å². The largest absolute Gasteiger partial charge is 0.317 e. The average Bonchev–Trinajstić information content (AvgIpc) is 2.21. The van der Waals surface area contributed by atoms with Crippen LogP contribution in [0.15, 0.2) is 0 Å². The number of hydrogen-bond acceptors (Lipinski definition) is 4. The van der Waals surface area contributed by atoms with E-state index in [0.29, 0.717) is 6.42 Å². The van der Waals surface area contributed by atoms with Crippen molar-refractivity contribution < 1.29 is 8.42 Å². The highest BCUT2D eigenvalue weighted by Gasteiger charge is 2.13. The molecule has 0 fully saturated rings. The number of hydrogen-bond donors (Lipinski definition) is 2. The maximum atomic E-state index is 11.6. The van der Waals surface area contributed by atoms with Gasteiger partial charge >= 0.3 is 0 Å². The monoisotopic (exact) mass is 268 g/mol. The molecule has 0 aromatic heterocycles. The molecule has 0 aliphatic carbocycles. The lowest BCUT2D eigenvalue weighted by Gasteiger charge is -2.13. The highest BCUT2D eigenvalue weighted by molar-refractivity contribution is 7.98. The molecule has 0 saturated heterocycles. The van der Waals surface area contributed by atoms with Gasteiger partial charge in [0.1, 0.15) is 0 Å². The smallest absolute Gasteiger partial charge is 0.211 e. The van der Waals surface area contributed by atoms with Gasteiger partial charge in [-0.05, 0) is 44.9 Å². The normalized spacial score (nSPS) is 13.9. The lowest BCUT2D eigenvalue weighted by atomic mass is 10.3. The first-order valence-electron chi connectivity index (χ1n) is 5.71. The van der Waals surface area contributed by atoms with Crippen molar-refractivity contribution in [2.75, 3.05) is 30.9 Å². The molecule has 0 bridgehead atoms. The van der Waals surface area contributed by atoms with E-state index in [-0.39, 0.29) is 11.8 Å². The van der Waals surface area contributed by atoms with Crippen LogP contribution in [0.4, 0.5) is 0 Å². The zero-order chi connectivity index (χ0) is 12.4. The molecule has 0 amide bonds. The molecule has 0 aliphatic heterocycles. The molecule has 0 aromatic carbocycles. The molecule has 0 heterocycles. The van der Waals surface area contributed by atoms with Gasteiger partial charge in [-0.3, -0.25) is 0 Å². The fourth-order valence-electron chi connectivity index (χ4n) is 1.28. The summed E-state index contributed by atoms with van der Waals surface area (Å²) in [7, 11) is -3.09. The molecule has 2 N–H and O–H groups in total. The molecule has 4 nitrogen and oxygen atoms in total. The first-order chi connectivity index (χ1) is 7.52. The van der Waals surface area contributed by atoms with Crippen LogP contribution in [-0.2, 0) is 10.0 Å². The summed E-state index contributed by atoms with van der Waals surface area (Å²) in [6.07, 6.45) is 3.57. The quantitative estimate of drug-likeness (QED) is 0.581. The molecule has 0 aliphatic rings. The Labute approximate surface area is 104 Å². The number of nitrogens with one attached hydrogen (secondary N) is 2. The van der Waals surface area contributed by atoms with Gasteiger partial charge in [0.15, 0.2) is 0 Å². The average molecular weight is 268 g/mol. The second-order valence-corrected chi connectivity index (χ2v) is 6.69. The van der Waals surface area contributed by atoms with E-state index >= 15 is 0 Å². The van der Waals surface area contributed by atoms with Gasteiger partial charge in [-0.15, -0.1) is 0 Å². The lowest BCUT2D eigenvalue weighted by molar-refractivity contribution is 0.553. The molecule has 16 heavy (non-hydrogen) atoms. The number of sulfonamides is 1. The Morgan fingerprint density at radius 1 is 1.38 bits per heavy atom. The van der Waals surface area contributed by atoms with Gasteiger partial charge in [0, 0.05) is 6.04 Å². The molecule has 0 radical (unpaired) electrons. The minimum atomic E-state index is -3.09. The van der Waals surface area contributed by atoms with E-state index < -0.39 is 10.0 Å². The van der Waals surface area contributed by atoms with Crippen molar-refractivity contribution in [3.8, 4) is 0 Å². The van der Waals surface area contributed by atoms with Crippen molar-refractivity contribution in [1.29, 1.82) is 0 Å². The Morgan fingerprint density at radius 3 is 2.62 bits per heavy atom. The van der Waals surface area contributed by atoms with Gasteiger partial charge in [-0.25, -0.2) is 13.1 Å². The second kappa shape index (κ2) is 9.27. The summed E-state index contributed by atoms with van der Waals surface area (Å²) < 4.78 is 25.9. The van der Waals surface area contributed by atoms with Crippen molar-refractivity contribution in [3.63, 3.8) is 0 Å². The van der Waals surface area contributed by atoms with E-state index in [1.54, 1.807) is 11.8 Å². The van der Waals surface area contributed by atoms with Crippen molar-refractivity contribution >= 4 is 21.8 Å². The Kier molecular flexibility index (Phi) is 9.40. The van der Waals surface area contributed by atoms with Gasteiger partial charge in [0.2, 0.25) is 10.0 Å². The van der Waals surface area contributed by atoms with E-state index in [4.69, 9.17) is 0 Å². The molecule has 1 unspecified atom stereocenters. The van der Waals surface area contributed by atoms with Gasteiger partial charge in [-0.2, -0.15) is 11.8 Å². The van der Waals surface area contributed by atoms with Gasteiger partial charge < -0.3 is 5.32 Å². The first-order valence-corrected chi connectivity index (χ1v) is 8.76. The summed E-state index contributed by atoms with van der Waals surface area (Å²) in [5, 5.41) is 3.11. The Balaban J connectivity index is 3.76. The fourth-order valence-corrected chi connectivity index (χ4v) is 3.25. The van der Waals surface area contributed by atoms with Crippen LogP contribution in [0.1, 0.15) is 26.7 Å². The first kappa shape index (κ1) is 16.2. The van der Waals surface area contributed by atoms with Crippen LogP contribution in [0.25, 0.3) is 0 Å². The summed E-state index contributed by atoms with van der Waals surface area (Å²) in [4.78, 5) is 0. The zero-order valence-electron chi connectivity index (χ0n) is 10.5. The van der Waals surface area contributed by atoms with Gasteiger partial charge in [0.25, 0.3) is 0 Å². The minimum absolute atomic E-state index is 0.0385. The molecule has 0 rings (SSSR count).